The molecule has 0 unspecified atom stereocenters. The Bertz CT molecular complexity index is 982. The van der Waals surface area contributed by atoms with Gasteiger partial charge in [0.2, 0.25) is 0 Å². The van der Waals surface area contributed by atoms with Crippen LogP contribution in [0, 0.1) is 18.2 Å². The summed E-state index contributed by atoms with van der Waals surface area (Å²) in [7, 11) is 0. The summed E-state index contributed by atoms with van der Waals surface area (Å²) >= 11 is 0. The van der Waals surface area contributed by atoms with Gasteiger partial charge in [0, 0.05) is 12.1 Å². The van der Waals surface area contributed by atoms with Gasteiger partial charge in [-0.25, -0.2) is 14.1 Å². The maximum Gasteiger partial charge on any atom is 0.336 e. The van der Waals surface area contributed by atoms with E-state index < -0.39 is 47.5 Å². The number of fused-ring (bicyclic) bond motifs is 2. The molecule has 3 heterocycles. The molecule has 0 atom stereocenters. The van der Waals surface area contributed by atoms with Crippen molar-refractivity contribution in [2.24, 2.45) is 0 Å². The first-order valence-corrected chi connectivity index (χ1v) is 7.70. The fraction of sp³-hybridized carbons (Fsp3) is 0.235. The Kier molecular flexibility index (Phi) is 3.46. The van der Waals surface area contributed by atoms with Gasteiger partial charge < -0.3 is 4.74 Å². The smallest absolute Gasteiger partial charge is 0.336 e. The third-order valence-corrected chi connectivity index (χ3v) is 4.31. The summed E-state index contributed by atoms with van der Waals surface area (Å²) in [5.74, 6) is -3.59. The standard InChI is InChI=1S/C17H10F3N3O4/c1-2-3-21-11-5-10(9(18)4-13(11)27-7-14(21)24)23-15(25)12-6-17(19,20)8-22(12)16(23)26/h1,4-6H,3,7-8H2. The number of halogens is 3. The van der Waals surface area contributed by atoms with Gasteiger partial charge in [-0.15, -0.1) is 6.42 Å². The van der Waals surface area contributed by atoms with Crippen molar-refractivity contribution in [3.05, 3.63) is 29.7 Å². The number of ether oxygens (including phenoxy) is 1. The number of alkyl halides is 2. The lowest BCUT2D eigenvalue weighted by molar-refractivity contribution is -0.121. The predicted octanol–water partition coefficient (Wildman–Crippen LogP) is 1.49. The van der Waals surface area contributed by atoms with Crippen molar-refractivity contribution in [1.82, 2.24) is 4.90 Å². The van der Waals surface area contributed by atoms with Crippen LogP contribution >= 0.6 is 0 Å². The molecule has 0 aromatic heterocycles. The molecule has 1 saturated heterocycles. The van der Waals surface area contributed by atoms with Crippen molar-refractivity contribution in [3.63, 3.8) is 0 Å². The molecule has 1 fully saturated rings. The highest BCUT2D eigenvalue weighted by atomic mass is 19.3. The molecular weight excluding hydrogens is 367 g/mol. The Morgan fingerprint density at radius 2 is 1.96 bits per heavy atom. The molecule has 10 heteroatoms. The second-order valence-electron chi connectivity index (χ2n) is 6.04. The van der Waals surface area contributed by atoms with E-state index in [1.807, 2.05) is 0 Å². The topological polar surface area (TPSA) is 70.2 Å². The van der Waals surface area contributed by atoms with E-state index in [1.165, 1.54) is 0 Å². The monoisotopic (exact) mass is 377 g/mol. The van der Waals surface area contributed by atoms with E-state index in [0.29, 0.717) is 15.9 Å². The fourth-order valence-electron chi connectivity index (χ4n) is 3.15. The molecule has 1 aromatic carbocycles. The van der Waals surface area contributed by atoms with E-state index in [1.54, 1.807) is 0 Å². The normalized spacial score (nSPS) is 20.3. The molecule has 4 rings (SSSR count). The number of rotatable bonds is 2. The summed E-state index contributed by atoms with van der Waals surface area (Å²) < 4.78 is 46.6. The molecule has 4 amide bonds. The molecule has 3 aliphatic heterocycles. The summed E-state index contributed by atoms with van der Waals surface area (Å²) in [6.07, 6.45) is 5.61. The lowest BCUT2D eigenvalue weighted by Crippen LogP contribution is -2.40. The maximum absolute atomic E-state index is 14.6. The molecule has 0 aliphatic carbocycles. The Labute approximate surface area is 150 Å². The number of imide groups is 1. The average Bonchev–Trinajstić information content (AvgIpc) is 3.03. The van der Waals surface area contributed by atoms with Crippen LogP contribution in [0.2, 0.25) is 0 Å². The Balaban J connectivity index is 1.80. The summed E-state index contributed by atoms with van der Waals surface area (Å²) in [6, 6.07) is 0.873. The highest BCUT2D eigenvalue weighted by Crippen LogP contribution is 2.42. The van der Waals surface area contributed by atoms with Gasteiger partial charge in [-0.05, 0) is 6.07 Å². The quantitative estimate of drug-likeness (QED) is 0.578. The fourth-order valence-corrected chi connectivity index (χ4v) is 3.15. The van der Waals surface area contributed by atoms with Crippen molar-refractivity contribution in [1.29, 1.82) is 0 Å². The van der Waals surface area contributed by atoms with Crippen LogP contribution in [-0.2, 0) is 9.59 Å². The summed E-state index contributed by atoms with van der Waals surface area (Å²) in [6.45, 7) is -1.47. The van der Waals surface area contributed by atoms with Crippen molar-refractivity contribution >= 4 is 29.2 Å². The average molecular weight is 377 g/mol. The summed E-state index contributed by atoms with van der Waals surface area (Å²) in [5.41, 5.74) is -0.926. The van der Waals surface area contributed by atoms with Crippen LogP contribution in [0.1, 0.15) is 0 Å². The zero-order valence-electron chi connectivity index (χ0n) is 13.5. The maximum atomic E-state index is 14.6. The highest BCUT2D eigenvalue weighted by molar-refractivity contribution is 6.27. The number of terminal acetylenes is 1. The van der Waals surface area contributed by atoms with Crippen LogP contribution in [0.5, 0.6) is 5.75 Å². The first-order chi connectivity index (χ1) is 12.7. The van der Waals surface area contributed by atoms with Gasteiger partial charge in [-0.3, -0.25) is 19.4 Å². The molecule has 0 N–H and O–H groups in total. The predicted molar refractivity (Wildman–Crippen MR) is 85.7 cm³/mol. The first kappa shape index (κ1) is 17.0. The van der Waals surface area contributed by atoms with Crippen LogP contribution in [0.15, 0.2) is 23.9 Å². The molecule has 0 radical (unpaired) electrons. The lowest BCUT2D eigenvalue weighted by Gasteiger charge is -2.29. The van der Waals surface area contributed by atoms with Crippen molar-refractivity contribution in [2.45, 2.75) is 5.92 Å². The van der Waals surface area contributed by atoms with E-state index >= 15 is 0 Å². The SMILES string of the molecule is C#CCN1C(=O)COc2cc(F)c(N3C(=O)C4=CC(F)(F)CN4C3=O)cc21. The minimum Gasteiger partial charge on any atom is -0.481 e. The first-order valence-electron chi connectivity index (χ1n) is 7.70. The molecule has 0 spiro atoms. The Hall–Kier alpha value is -3.48. The van der Waals surface area contributed by atoms with Crippen LogP contribution in [0.25, 0.3) is 0 Å². The lowest BCUT2D eigenvalue weighted by atomic mass is 10.1. The third kappa shape index (κ3) is 2.43. The third-order valence-electron chi connectivity index (χ3n) is 4.31. The minimum atomic E-state index is -3.33. The van der Waals surface area contributed by atoms with Crippen molar-refractivity contribution in [2.75, 3.05) is 29.5 Å². The molecular formula is C17H10F3N3O4. The van der Waals surface area contributed by atoms with Crippen LogP contribution in [0.4, 0.5) is 29.3 Å². The van der Waals surface area contributed by atoms with E-state index in [4.69, 9.17) is 11.2 Å². The Morgan fingerprint density at radius 3 is 2.63 bits per heavy atom. The molecule has 7 nitrogen and oxygen atoms in total. The van der Waals surface area contributed by atoms with E-state index in [-0.39, 0.29) is 24.6 Å². The summed E-state index contributed by atoms with van der Waals surface area (Å²) in [5, 5.41) is 0. The van der Waals surface area contributed by atoms with Gasteiger partial charge in [0.05, 0.1) is 24.5 Å². The number of urea groups is 1. The zero-order chi connectivity index (χ0) is 19.5. The molecule has 1 aromatic rings. The number of benzene rings is 1. The van der Waals surface area contributed by atoms with E-state index in [9.17, 15) is 27.6 Å². The van der Waals surface area contributed by atoms with Gasteiger partial charge in [0.25, 0.3) is 17.7 Å². The van der Waals surface area contributed by atoms with Crippen molar-refractivity contribution in [3.8, 4) is 18.1 Å². The van der Waals surface area contributed by atoms with Crippen LogP contribution < -0.4 is 14.5 Å². The number of amides is 4. The van der Waals surface area contributed by atoms with Gasteiger partial charge in [0.15, 0.2) is 12.4 Å². The van der Waals surface area contributed by atoms with Crippen molar-refractivity contribution < 1.29 is 32.3 Å². The van der Waals surface area contributed by atoms with E-state index in [2.05, 4.69) is 5.92 Å². The number of carbonyl (C=O) groups excluding carboxylic acids is 3. The molecule has 0 saturated carbocycles. The molecule has 138 valence electrons. The largest absolute Gasteiger partial charge is 0.481 e. The number of nitrogens with zero attached hydrogens (tertiary/aromatic N) is 3. The minimum absolute atomic E-state index is 0.0106. The van der Waals surface area contributed by atoms with E-state index in [0.717, 1.165) is 17.0 Å². The number of anilines is 2. The number of hydrogen-bond acceptors (Lipinski definition) is 4. The second-order valence-corrected chi connectivity index (χ2v) is 6.04. The molecule has 0 bridgehead atoms. The van der Waals surface area contributed by atoms with Crippen LogP contribution in [-0.4, -0.2) is 48.4 Å². The van der Waals surface area contributed by atoms with Gasteiger partial charge >= 0.3 is 6.03 Å². The van der Waals surface area contributed by atoms with Gasteiger partial charge in [0.1, 0.15) is 11.4 Å². The highest BCUT2D eigenvalue weighted by Gasteiger charge is 2.52. The molecule has 27 heavy (non-hydrogen) atoms. The Morgan fingerprint density at radius 1 is 1.22 bits per heavy atom. The number of hydrogen-bond donors (Lipinski definition) is 0. The molecule has 3 aliphatic rings. The van der Waals surface area contributed by atoms with Crippen LogP contribution in [0.3, 0.4) is 0 Å². The van der Waals surface area contributed by atoms with Gasteiger partial charge in [-0.2, -0.15) is 8.78 Å². The zero-order valence-corrected chi connectivity index (χ0v) is 13.5. The summed E-state index contributed by atoms with van der Waals surface area (Å²) in [4.78, 5) is 39.0. The second kappa shape index (κ2) is 5.51. The number of carbonyl (C=O) groups is 3. The van der Waals surface area contributed by atoms with Gasteiger partial charge in [-0.1, -0.05) is 5.92 Å².